The fraction of sp³-hybridized carbons (Fsp3) is 0.350. The van der Waals surface area contributed by atoms with Crippen LogP contribution in [0, 0.1) is 12.8 Å². The number of aryl methyl sites for hydroxylation is 1. The molecule has 1 amide bonds. The number of fused-ring (bicyclic) bond motifs is 1. The van der Waals surface area contributed by atoms with Gasteiger partial charge in [0.2, 0.25) is 11.9 Å². The van der Waals surface area contributed by atoms with Crippen molar-refractivity contribution < 1.29 is 4.79 Å². The van der Waals surface area contributed by atoms with Gasteiger partial charge in [-0.15, -0.1) is 0 Å². The summed E-state index contributed by atoms with van der Waals surface area (Å²) in [4.78, 5) is 24.0. The number of hydrogen-bond donors (Lipinski definition) is 1. The molecule has 1 aliphatic heterocycles. The number of para-hydroxylation sites is 1. The van der Waals surface area contributed by atoms with Crippen molar-refractivity contribution in [3.8, 4) is 0 Å². The fourth-order valence-corrected chi connectivity index (χ4v) is 4.10. The maximum atomic E-state index is 12.4. The van der Waals surface area contributed by atoms with Crippen molar-refractivity contribution in [3.63, 3.8) is 0 Å². The molecule has 1 aliphatic rings. The van der Waals surface area contributed by atoms with Crippen LogP contribution in [0.1, 0.15) is 24.1 Å². The lowest BCUT2D eigenvalue weighted by Crippen LogP contribution is -2.41. The van der Waals surface area contributed by atoms with Gasteiger partial charge in [0.15, 0.2) is 0 Å². The minimum Gasteiger partial charge on any atom is -0.352 e. The van der Waals surface area contributed by atoms with E-state index in [9.17, 15) is 4.79 Å². The molecular weight excluding hydrogens is 344 g/mol. The van der Waals surface area contributed by atoms with Gasteiger partial charge >= 0.3 is 0 Å². The van der Waals surface area contributed by atoms with E-state index in [4.69, 9.17) is 4.98 Å². The van der Waals surface area contributed by atoms with Crippen LogP contribution in [0.3, 0.4) is 0 Å². The summed E-state index contributed by atoms with van der Waals surface area (Å²) in [5, 5.41) is 8.26. The normalized spacial score (nSPS) is 15.3. The van der Waals surface area contributed by atoms with Crippen LogP contribution in [0.15, 0.2) is 41.1 Å². The summed E-state index contributed by atoms with van der Waals surface area (Å²) >= 11 is 1.65. The number of nitrogens with zero attached hydrogens (tertiary/aromatic N) is 3. The first kappa shape index (κ1) is 17.0. The van der Waals surface area contributed by atoms with Gasteiger partial charge in [0.05, 0.1) is 11.2 Å². The number of thiophene rings is 1. The maximum absolute atomic E-state index is 12.4. The van der Waals surface area contributed by atoms with E-state index in [1.165, 1.54) is 5.56 Å². The molecule has 4 rings (SSSR count). The van der Waals surface area contributed by atoms with Gasteiger partial charge in [-0.05, 0) is 48.2 Å². The number of carbonyl (C=O) groups is 1. The molecule has 2 aromatic heterocycles. The Hall–Kier alpha value is -2.47. The van der Waals surface area contributed by atoms with E-state index in [1.54, 1.807) is 11.3 Å². The average molecular weight is 366 g/mol. The van der Waals surface area contributed by atoms with Crippen LogP contribution in [0.2, 0.25) is 0 Å². The zero-order valence-corrected chi connectivity index (χ0v) is 15.6. The van der Waals surface area contributed by atoms with Crippen molar-refractivity contribution in [3.05, 3.63) is 52.3 Å². The van der Waals surface area contributed by atoms with E-state index in [0.29, 0.717) is 6.54 Å². The number of aromatic nitrogens is 2. The highest BCUT2D eigenvalue weighted by molar-refractivity contribution is 7.07. The predicted octanol–water partition coefficient (Wildman–Crippen LogP) is 3.53. The molecule has 0 bridgehead atoms. The van der Waals surface area contributed by atoms with Crippen molar-refractivity contribution in [2.45, 2.75) is 26.3 Å². The fourth-order valence-electron chi connectivity index (χ4n) is 3.43. The van der Waals surface area contributed by atoms with E-state index < -0.39 is 0 Å². The summed E-state index contributed by atoms with van der Waals surface area (Å²) in [6.07, 6.45) is 1.68. The monoisotopic (exact) mass is 366 g/mol. The molecular formula is C20H22N4OS. The van der Waals surface area contributed by atoms with E-state index in [-0.39, 0.29) is 11.8 Å². The van der Waals surface area contributed by atoms with Gasteiger partial charge in [-0.3, -0.25) is 4.79 Å². The van der Waals surface area contributed by atoms with Gasteiger partial charge in [-0.2, -0.15) is 11.3 Å². The van der Waals surface area contributed by atoms with Crippen LogP contribution in [0.25, 0.3) is 10.9 Å². The highest BCUT2D eigenvalue weighted by Crippen LogP contribution is 2.24. The lowest BCUT2D eigenvalue weighted by molar-refractivity contribution is -0.125. The smallest absolute Gasteiger partial charge is 0.226 e. The van der Waals surface area contributed by atoms with Gasteiger partial charge in [-0.1, -0.05) is 18.2 Å². The van der Waals surface area contributed by atoms with Gasteiger partial charge in [0, 0.05) is 30.9 Å². The minimum atomic E-state index is 0.0754. The molecule has 6 heteroatoms. The molecule has 1 aromatic carbocycles. The summed E-state index contributed by atoms with van der Waals surface area (Å²) in [5.41, 5.74) is 3.15. The second kappa shape index (κ2) is 7.41. The van der Waals surface area contributed by atoms with Crippen LogP contribution in [-0.4, -0.2) is 29.0 Å². The van der Waals surface area contributed by atoms with E-state index in [0.717, 1.165) is 48.5 Å². The predicted molar refractivity (Wildman–Crippen MR) is 105 cm³/mol. The Balaban J connectivity index is 1.38. The summed E-state index contributed by atoms with van der Waals surface area (Å²) < 4.78 is 0. The topological polar surface area (TPSA) is 58.1 Å². The number of nitrogens with one attached hydrogen (secondary N) is 1. The third-order valence-corrected chi connectivity index (χ3v) is 5.71. The molecule has 26 heavy (non-hydrogen) atoms. The van der Waals surface area contributed by atoms with Gasteiger partial charge in [0.25, 0.3) is 0 Å². The van der Waals surface area contributed by atoms with Crippen LogP contribution in [-0.2, 0) is 11.3 Å². The Kier molecular flexibility index (Phi) is 4.84. The zero-order chi connectivity index (χ0) is 17.9. The van der Waals surface area contributed by atoms with Crippen LogP contribution >= 0.6 is 11.3 Å². The van der Waals surface area contributed by atoms with E-state index >= 15 is 0 Å². The Morgan fingerprint density at radius 2 is 2.04 bits per heavy atom. The molecule has 0 atom stereocenters. The molecule has 5 nitrogen and oxygen atoms in total. The zero-order valence-electron chi connectivity index (χ0n) is 14.8. The molecule has 1 fully saturated rings. The Morgan fingerprint density at radius 1 is 1.23 bits per heavy atom. The summed E-state index contributed by atoms with van der Waals surface area (Å²) in [5.74, 6) is 1.01. The largest absolute Gasteiger partial charge is 0.352 e. The number of rotatable bonds is 4. The maximum Gasteiger partial charge on any atom is 0.226 e. The number of carbonyl (C=O) groups excluding carboxylic acids is 1. The van der Waals surface area contributed by atoms with Gasteiger partial charge in [-0.25, -0.2) is 9.97 Å². The third-order valence-electron chi connectivity index (χ3n) is 4.98. The van der Waals surface area contributed by atoms with Crippen molar-refractivity contribution in [1.29, 1.82) is 0 Å². The second-order valence-corrected chi connectivity index (χ2v) is 7.52. The van der Waals surface area contributed by atoms with Crippen molar-refractivity contribution in [2.75, 3.05) is 18.0 Å². The van der Waals surface area contributed by atoms with Crippen molar-refractivity contribution in [1.82, 2.24) is 15.3 Å². The highest BCUT2D eigenvalue weighted by atomic mass is 32.1. The quantitative estimate of drug-likeness (QED) is 0.767. The van der Waals surface area contributed by atoms with Gasteiger partial charge < -0.3 is 10.2 Å². The summed E-state index contributed by atoms with van der Waals surface area (Å²) in [6.45, 7) is 4.27. The number of amides is 1. The molecule has 0 saturated carbocycles. The minimum absolute atomic E-state index is 0.0754. The SMILES string of the molecule is Cc1nc(N2CCC(C(=O)NCc3ccsc3)CC2)nc2ccccc12. The molecule has 0 aliphatic carbocycles. The molecule has 0 radical (unpaired) electrons. The molecule has 0 spiro atoms. The lowest BCUT2D eigenvalue weighted by Gasteiger charge is -2.31. The standard InChI is InChI=1S/C20H22N4OS/c1-14-17-4-2-3-5-18(17)23-20(22-14)24-9-6-16(7-10-24)19(25)21-12-15-8-11-26-13-15/h2-5,8,11,13,16H,6-7,9-10,12H2,1H3,(H,21,25). The Labute approximate surface area is 157 Å². The number of anilines is 1. The highest BCUT2D eigenvalue weighted by Gasteiger charge is 2.26. The van der Waals surface area contributed by atoms with Crippen LogP contribution in [0.4, 0.5) is 5.95 Å². The number of benzene rings is 1. The molecule has 3 aromatic rings. The van der Waals surface area contributed by atoms with Gasteiger partial charge in [0.1, 0.15) is 0 Å². The third kappa shape index (κ3) is 3.55. The van der Waals surface area contributed by atoms with Crippen molar-refractivity contribution >= 4 is 34.1 Å². The Morgan fingerprint density at radius 3 is 2.81 bits per heavy atom. The molecule has 1 N–H and O–H groups in total. The first-order chi connectivity index (χ1) is 12.7. The van der Waals surface area contributed by atoms with Crippen molar-refractivity contribution in [2.24, 2.45) is 5.92 Å². The van der Waals surface area contributed by atoms with E-state index in [2.05, 4.69) is 26.6 Å². The Bertz CT molecular complexity index is 901. The lowest BCUT2D eigenvalue weighted by atomic mass is 9.96. The first-order valence-corrected chi connectivity index (χ1v) is 9.92. The molecule has 134 valence electrons. The first-order valence-electron chi connectivity index (χ1n) is 8.98. The van der Waals surface area contributed by atoms with Crippen LogP contribution in [0.5, 0.6) is 0 Å². The molecule has 1 saturated heterocycles. The summed E-state index contributed by atoms with van der Waals surface area (Å²) in [6, 6.07) is 10.1. The second-order valence-electron chi connectivity index (χ2n) is 6.74. The van der Waals surface area contributed by atoms with Crippen LogP contribution < -0.4 is 10.2 Å². The average Bonchev–Trinajstić information content (AvgIpc) is 3.20. The summed E-state index contributed by atoms with van der Waals surface area (Å²) in [7, 11) is 0. The number of hydrogen-bond acceptors (Lipinski definition) is 5. The molecule has 3 heterocycles. The van der Waals surface area contributed by atoms with E-state index in [1.807, 2.05) is 36.6 Å². The molecule has 0 unspecified atom stereocenters. The number of piperidine rings is 1.